The van der Waals surface area contributed by atoms with Crippen molar-refractivity contribution < 1.29 is 4.79 Å². The number of aryl methyl sites for hydroxylation is 2. The van der Waals surface area contributed by atoms with E-state index < -0.39 is 0 Å². The highest BCUT2D eigenvalue weighted by Gasteiger charge is 2.26. The molecule has 0 radical (unpaired) electrons. The van der Waals surface area contributed by atoms with Crippen LogP contribution in [-0.2, 0) is 11.3 Å². The van der Waals surface area contributed by atoms with Crippen LogP contribution >= 0.6 is 0 Å². The molecule has 1 saturated heterocycles. The third-order valence-corrected chi connectivity index (χ3v) is 4.80. The van der Waals surface area contributed by atoms with Crippen LogP contribution in [0, 0.1) is 13.8 Å². The largest absolute Gasteiger partial charge is 0.345 e. The van der Waals surface area contributed by atoms with Crippen molar-refractivity contribution in [1.29, 1.82) is 0 Å². The third-order valence-electron chi connectivity index (χ3n) is 4.80. The number of hydrogen-bond acceptors (Lipinski definition) is 4. The molecule has 0 aliphatic carbocycles. The van der Waals surface area contributed by atoms with Gasteiger partial charge in [-0.25, -0.2) is 9.97 Å². The van der Waals surface area contributed by atoms with Crippen molar-refractivity contribution in [2.45, 2.75) is 20.4 Å². The van der Waals surface area contributed by atoms with Gasteiger partial charge in [-0.3, -0.25) is 4.79 Å². The normalized spacial score (nSPS) is 14.7. The molecule has 0 saturated carbocycles. The molecular weight excluding hydrogens is 338 g/mol. The second-order valence-corrected chi connectivity index (χ2v) is 7.07. The van der Waals surface area contributed by atoms with E-state index in [1.54, 1.807) is 12.5 Å². The zero-order valence-corrected chi connectivity index (χ0v) is 15.7. The van der Waals surface area contributed by atoms with Crippen molar-refractivity contribution in [3.63, 3.8) is 0 Å². The fourth-order valence-electron chi connectivity index (χ4n) is 3.54. The minimum atomic E-state index is 0.107. The molecule has 0 bridgehead atoms. The molecule has 3 heterocycles. The lowest BCUT2D eigenvalue weighted by Crippen LogP contribution is -2.51. The van der Waals surface area contributed by atoms with Gasteiger partial charge in [0.15, 0.2) is 0 Å². The van der Waals surface area contributed by atoms with Crippen molar-refractivity contribution in [3.05, 3.63) is 71.9 Å². The summed E-state index contributed by atoms with van der Waals surface area (Å²) in [6, 6.07) is 10.3. The fraction of sp³-hybridized carbons (Fsp3) is 0.286. The summed E-state index contributed by atoms with van der Waals surface area (Å²) in [5, 5.41) is 0. The van der Waals surface area contributed by atoms with Crippen LogP contribution in [0.25, 0.3) is 0 Å². The Kier molecular flexibility index (Phi) is 4.62. The van der Waals surface area contributed by atoms with Gasteiger partial charge in [-0.2, -0.15) is 0 Å². The topological polar surface area (TPSA) is 54.3 Å². The summed E-state index contributed by atoms with van der Waals surface area (Å²) in [6.07, 6.45) is 7.36. The van der Waals surface area contributed by atoms with Crippen molar-refractivity contribution in [2.24, 2.45) is 0 Å². The average Bonchev–Trinajstić information content (AvgIpc) is 3.14. The maximum atomic E-state index is 12.7. The number of benzene rings is 1. The van der Waals surface area contributed by atoms with Gasteiger partial charge < -0.3 is 14.4 Å². The van der Waals surface area contributed by atoms with Crippen LogP contribution in [0.5, 0.6) is 0 Å². The van der Waals surface area contributed by atoms with Gasteiger partial charge in [0.05, 0.1) is 12.9 Å². The summed E-state index contributed by atoms with van der Waals surface area (Å²) >= 11 is 0. The van der Waals surface area contributed by atoms with E-state index >= 15 is 0 Å². The standard InChI is InChI=1S/C21H23N5O/c1-16-9-17(2)11-19(10-16)26-8-7-25(14-21(26)27)20-4-3-18(12-23-20)13-24-6-5-22-15-24/h3-6,9-12,15H,7-8,13-14H2,1-2H3. The number of carbonyl (C=O) groups is 1. The molecule has 27 heavy (non-hydrogen) atoms. The van der Waals surface area contributed by atoms with E-state index in [0.717, 1.165) is 30.2 Å². The number of rotatable bonds is 4. The first kappa shape index (κ1) is 17.3. The number of hydrogen-bond donors (Lipinski definition) is 0. The quantitative estimate of drug-likeness (QED) is 0.717. The number of nitrogens with zero attached hydrogens (tertiary/aromatic N) is 5. The van der Waals surface area contributed by atoms with E-state index in [2.05, 4.69) is 48.1 Å². The first-order valence-electron chi connectivity index (χ1n) is 9.13. The van der Waals surface area contributed by atoms with Crippen LogP contribution in [-0.4, -0.2) is 40.1 Å². The van der Waals surface area contributed by atoms with Gasteiger partial charge in [0.2, 0.25) is 5.91 Å². The molecule has 0 N–H and O–H groups in total. The van der Waals surface area contributed by atoms with E-state index in [1.807, 2.05) is 32.8 Å². The van der Waals surface area contributed by atoms with Crippen LogP contribution in [0.2, 0.25) is 0 Å². The average molecular weight is 361 g/mol. The maximum Gasteiger partial charge on any atom is 0.246 e. The molecule has 6 heteroatoms. The van der Waals surface area contributed by atoms with Crippen LogP contribution in [0.3, 0.4) is 0 Å². The molecule has 3 aromatic rings. The molecule has 0 atom stereocenters. The van der Waals surface area contributed by atoms with Gasteiger partial charge in [-0.15, -0.1) is 0 Å². The maximum absolute atomic E-state index is 12.7. The Morgan fingerprint density at radius 2 is 1.89 bits per heavy atom. The van der Waals surface area contributed by atoms with Crippen molar-refractivity contribution in [2.75, 3.05) is 29.4 Å². The van der Waals surface area contributed by atoms with Crippen molar-refractivity contribution in [1.82, 2.24) is 14.5 Å². The molecule has 0 unspecified atom stereocenters. The number of imidazole rings is 1. The fourth-order valence-corrected chi connectivity index (χ4v) is 3.54. The van der Waals surface area contributed by atoms with E-state index in [-0.39, 0.29) is 5.91 Å². The first-order valence-corrected chi connectivity index (χ1v) is 9.13. The highest BCUT2D eigenvalue weighted by Crippen LogP contribution is 2.23. The summed E-state index contributed by atoms with van der Waals surface area (Å²) in [6.45, 7) is 6.65. The minimum absolute atomic E-state index is 0.107. The summed E-state index contributed by atoms with van der Waals surface area (Å²) < 4.78 is 2.00. The number of aromatic nitrogens is 3. The monoisotopic (exact) mass is 361 g/mol. The van der Waals surface area contributed by atoms with E-state index in [0.29, 0.717) is 13.1 Å². The van der Waals surface area contributed by atoms with Gasteiger partial charge in [0, 0.05) is 43.9 Å². The lowest BCUT2D eigenvalue weighted by molar-refractivity contribution is -0.117. The Labute approximate surface area is 159 Å². The Morgan fingerprint density at radius 3 is 2.52 bits per heavy atom. The van der Waals surface area contributed by atoms with Gasteiger partial charge >= 0.3 is 0 Å². The minimum Gasteiger partial charge on any atom is -0.345 e. The molecule has 1 aliphatic rings. The lowest BCUT2D eigenvalue weighted by atomic mass is 10.1. The Hall–Kier alpha value is -3.15. The highest BCUT2D eigenvalue weighted by atomic mass is 16.2. The number of piperazine rings is 1. The highest BCUT2D eigenvalue weighted by molar-refractivity contribution is 5.97. The SMILES string of the molecule is Cc1cc(C)cc(N2CCN(c3ccc(Cn4ccnc4)cn3)CC2=O)c1. The summed E-state index contributed by atoms with van der Waals surface area (Å²) in [5.74, 6) is 0.952. The van der Waals surface area contributed by atoms with E-state index in [1.165, 1.54) is 11.1 Å². The molecule has 1 aromatic carbocycles. The number of carbonyl (C=O) groups excluding carboxylic acids is 1. The van der Waals surface area contributed by atoms with Crippen LogP contribution in [0.4, 0.5) is 11.5 Å². The van der Waals surface area contributed by atoms with Gasteiger partial charge in [0.1, 0.15) is 5.82 Å². The summed E-state index contributed by atoms with van der Waals surface area (Å²) in [5.41, 5.74) is 4.45. The molecule has 2 aromatic heterocycles. The van der Waals surface area contributed by atoms with Crippen molar-refractivity contribution >= 4 is 17.4 Å². The van der Waals surface area contributed by atoms with E-state index in [9.17, 15) is 4.79 Å². The number of anilines is 2. The van der Waals surface area contributed by atoms with Gasteiger partial charge in [0.25, 0.3) is 0 Å². The first-order chi connectivity index (χ1) is 13.1. The number of pyridine rings is 1. The second-order valence-electron chi connectivity index (χ2n) is 7.07. The van der Waals surface area contributed by atoms with Crippen LogP contribution < -0.4 is 9.80 Å². The van der Waals surface area contributed by atoms with Crippen LogP contribution in [0.1, 0.15) is 16.7 Å². The Morgan fingerprint density at radius 1 is 1.07 bits per heavy atom. The summed E-state index contributed by atoms with van der Waals surface area (Å²) in [7, 11) is 0. The molecule has 1 aliphatic heterocycles. The molecule has 1 fully saturated rings. The van der Waals surface area contributed by atoms with E-state index in [4.69, 9.17) is 0 Å². The second kappa shape index (κ2) is 7.23. The molecule has 4 rings (SSSR count). The lowest BCUT2D eigenvalue weighted by Gasteiger charge is -2.35. The van der Waals surface area contributed by atoms with Crippen molar-refractivity contribution in [3.8, 4) is 0 Å². The zero-order valence-electron chi connectivity index (χ0n) is 15.7. The van der Waals surface area contributed by atoms with Gasteiger partial charge in [-0.1, -0.05) is 12.1 Å². The summed E-state index contributed by atoms with van der Waals surface area (Å²) in [4.78, 5) is 25.3. The third kappa shape index (κ3) is 3.84. The predicted molar refractivity (Wildman–Crippen MR) is 106 cm³/mol. The Bertz CT molecular complexity index is 913. The molecule has 1 amide bonds. The van der Waals surface area contributed by atoms with Crippen LogP contribution in [0.15, 0.2) is 55.2 Å². The Balaban J connectivity index is 1.44. The number of amides is 1. The zero-order chi connectivity index (χ0) is 18.8. The molecular formula is C21H23N5O. The molecule has 0 spiro atoms. The smallest absolute Gasteiger partial charge is 0.246 e. The predicted octanol–water partition coefficient (Wildman–Crippen LogP) is 2.80. The molecule has 138 valence electrons. The molecule has 6 nitrogen and oxygen atoms in total. The van der Waals surface area contributed by atoms with Gasteiger partial charge in [-0.05, 0) is 48.7 Å².